The first-order valence-corrected chi connectivity index (χ1v) is 8.18. The molecule has 4 heteroatoms. The van der Waals surface area contributed by atoms with Gasteiger partial charge in [0.2, 0.25) is 0 Å². The number of unbranched alkanes of at least 4 members (excludes halogenated alkanes) is 2. The molecule has 0 radical (unpaired) electrons. The highest BCUT2D eigenvalue weighted by Gasteiger charge is 2.08. The quantitative estimate of drug-likeness (QED) is 0.327. The molecule has 0 amide bonds. The number of ether oxygens (including phenoxy) is 2. The fraction of sp³-hybridized carbons (Fsp3) is 0.238. The molecule has 0 bridgehead atoms. The zero-order chi connectivity index (χ0) is 17.9. The van der Waals surface area contributed by atoms with Gasteiger partial charge in [-0.3, -0.25) is 0 Å². The lowest BCUT2D eigenvalue weighted by molar-refractivity contribution is 0.0734. The van der Waals surface area contributed by atoms with Gasteiger partial charge in [0.15, 0.2) is 6.07 Å². The fourth-order valence-corrected chi connectivity index (χ4v) is 2.10. The highest BCUT2D eigenvalue weighted by Crippen LogP contribution is 2.17. The summed E-state index contributed by atoms with van der Waals surface area (Å²) in [6.45, 7) is 2.83. The predicted molar refractivity (Wildman–Crippen MR) is 95.4 cm³/mol. The van der Waals surface area contributed by atoms with E-state index in [2.05, 4.69) is 18.8 Å². The number of carbonyl (C=O) groups is 1. The van der Waals surface area contributed by atoms with Gasteiger partial charge in [0.1, 0.15) is 11.5 Å². The Labute approximate surface area is 148 Å². The molecular weight excluding hydrogens is 314 g/mol. The van der Waals surface area contributed by atoms with E-state index in [4.69, 9.17) is 14.7 Å². The molecule has 0 heterocycles. The van der Waals surface area contributed by atoms with Crippen molar-refractivity contribution in [1.82, 2.24) is 0 Å². The van der Waals surface area contributed by atoms with Crippen molar-refractivity contribution in [1.29, 1.82) is 5.26 Å². The SMILES string of the molecule is CCCCCOc1ccc(C(=O)Oc2ccc(C#CC#N)cc2)cc1. The third kappa shape index (κ3) is 6.05. The van der Waals surface area contributed by atoms with E-state index in [1.807, 2.05) is 0 Å². The first-order valence-electron chi connectivity index (χ1n) is 8.18. The zero-order valence-electron chi connectivity index (χ0n) is 14.1. The average Bonchev–Trinajstić information content (AvgIpc) is 2.65. The van der Waals surface area contributed by atoms with Crippen molar-refractivity contribution in [3.63, 3.8) is 0 Å². The lowest BCUT2D eigenvalue weighted by Gasteiger charge is -2.07. The van der Waals surface area contributed by atoms with Gasteiger partial charge in [-0.1, -0.05) is 25.7 Å². The van der Waals surface area contributed by atoms with Gasteiger partial charge in [-0.05, 0) is 55.0 Å². The van der Waals surface area contributed by atoms with Crippen LogP contribution in [0.25, 0.3) is 0 Å². The molecule has 4 nitrogen and oxygen atoms in total. The van der Waals surface area contributed by atoms with Gasteiger partial charge in [-0.25, -0.2) is 4.79 Å². The number of rotatable bonds is 7. The average molecular weight is 333 g/mol. The van der Waals surface area contributed by atoms with Crippen LogP contribution in [0, 0.1) is 23.2 Å². The summed E-state index contributed by atoms with van der Waals surface area (Å²) in [5.41, 5.74) is 1.14. The van der Waals surface area contributed by atoms with Crippen molar-refractivity contribution in [3.8, 4) is 29.4 Å². The molecule has 0 saturated carbocycles. The van der Waals surface area contributed by atoms with E-state index >= 15 is 0 Å². The van der Waals surface area contributed by atoms with Gasteiger partial charge in [0, 0.05) is 11.5 Å². The summed E-state index contributed by atoms with van der Waals surface area (Å²) in [6, 6.07) is 15.3. The van der Waals surface area contributed by atoms with Crippen LogP contribution in [0.2, 0.25) is 0 Å². The Bertz CT molecular complexity index is 790. The maximum absolute atomic E-state index is 12.1. The lowest BCUT2D eigenvalue weighted by atomic mass is 10.2. The fourth-order valence-electron chi connectivity index (χ4n) is 2.10. The maximum atomic E-state index is 12.1. The number of nitrogens with zero attached hydrogens (tertiary/aromatic N) is 1. The third-order valence-electron chi connectivity index (χ3n) is 3.43. The maximum Gasteiger partial charge on any atom is 0.343 e. The first kappa shape index (κ1) is 18.1. The Morgan fingerprint density at radius 1 is 1.00 bits per heavy atom. The molecule has 0 N–H and O–H groups in total. The van der Waals surface area contributed by atoms with Crippen molar-refractivity contribution in [2.75, 3.05) is 6.61 Å². The summed E-state index contributed by atoms with van der Waals surface area (Å²) >= 11 is 0. The number of hydrogen-bond donors (Lipinski definition) is 0. The molecule has 0 aliphatic rings. The molecule has 0 aromatic heterocycles. The van der Waals surface area contributed by atoms with E-state index in [1.54, 1.807) is 54.6 Å². The summed E-state index contributed by atoms with van der Waals surface area (Å²) in [7, 11) is 0. The standard InChI is InChI=1S/C21H19NO3/c1-2-3-4-16-24-19-13-9-18(10-14-19)21(23)25-20-11-7-17(8-12-20)6-5-15-22/h7-14H,2-4,16H2,1H3. The summed E-state index contributed by atoms with van der Waals surface area (Å²) in [6.07, 6.45) is 3.32. The molecule has 0 spiro atoms. The number of carbonyl (C=O) groups excluding carboxylic acids is 1. The first-order chi connectivity index (χ1) is 12.2. The molecule has 2 aromatic carbocycles. The predicted octanol–water partition coefficient (Wildman–Crippen LogP) is 4.35. The van der Waals surface area contributed by atoms with Crippen LogP contribution in [0.5, 0.6) is 11.5 Å². The summed E-state index contributed by atoms with van der Waals surface area (Å²) in [5, 5.41) is 8.42. The van der Waals surface area contributed by atoms with Gasteiger partial charge in [-0.2, -0.15) is 5.26 Å². The molecule has 126 valence electrons. The highest BCUT2D eigenvalue weighted by atomic mass is 16.5. The van der Waals surface area contributed by atoms with Gasteiger partial charge in [0.25, 0.3) is 0 Å². The van der Waals surface area contributed by atoms with Crippen LogP contribution in [0.1, 0.15) is 42.1 Å². The molecule has 0 unspecified atom stereocenters. The second-order valence-electron chi connectivity index (χ2n) is 5.36. The molecule has 0 fully saturated rings. The smallest absolute Gasteiger partial charge is 0.343 e. The van der Waals surface area contributed by atoms with E-state index < -0.39 is 5.97 Å². The topological polar surface area (TPSA) is 59.3 Å². The van der Waals surface area contributed by atoms with E-state index in [0.717, 1.165) is 25.0 Å². The Hall–Kier alpha value is -3.24. The molecule has 0 saturated heterocycles. The van der Waals surface area contributed by atoms with Crippen molar-refractivity contribution < 1.29 is 14.3 Å². The number of esters is 1. The van der Waals surface area contributed by atoms with Crippen LogP contribution in [0.15, 0.2) is 48.5 Å². The largest absolute Gasteiger partial charge is 0.494 e. The minimum Gasteiger partial charge on any atom is -0.494 e. The monoisotopic (exact) mass is 333 g/mol. The Kier molecular flexibility index (Phi) is 7.10. The number of hydrogen-bond acceptors (Lipinski definition) is 4. The summed E-state index contributed by atoms with van der Waals surface area (Å²) < 4.78 is 10.9. The van der Waals surface area contributed by atoms with Crippen molar-refractivity contribution >= 4 is 5.97 Å². The van der Waals surface area contributed by atoms with E-state index in [0.29, 0.717) is 23.5 Å². The van der Waals surface area contributed by atoms with Crippen molar-refractivity contribution in [2.24, 2.45) is 0 Å². The van der Waals surface area contributed by atoms with Crippen LogP contribution in [-0.2, 0) is 0 Å². The second kappa shape index (κ2) is 9.80. The molecule has 0 aliphatic carbocycles. The zero-order valence-corrected chi connectivity index (χ0v) is 14.1. The van der Waals surface area contributed by atoms with E-state index in [9.17, 15) is 4.79 Å². The number of nitriles is 1. The van der Waals surface area contributed by atoms with E-state index in [1.165, 1.54) is 0 Å². The van der Waals surface area contributed by atoms with Gasteiger partial charge >= 0.3 is 5.97 Å². The van der Waals surface area contributed by atoms with Gasteiger partial charge < -0.3 is 9.47 Å². The molecule has 0 aliphatic heterocycles. The Morgan fingerprint density at radius 2 is 1.68 bits per heavy atom. The number of benzene rings is 2. The molecule has 2 aromatic rings. The molecule has 2 rings (SSSR count). The second-order valence-corrected chi connectivity index (χ2v) is 5.36. The van der Waals surface area contributed by atoms with E-state index in [-0.39, 0.29) is 0 Å². The summed E-state index contributed by atoms with van der Waals surface area (Å²) in [5.74, 6) is 5.72. The van der Waals surface area contributed by atoms with Crippen molar-refractivity contribution in [3.05, 3.63) is 59.7 Å². The van der Waals surface area contributed by atoms with Crippen molar-refractivity contribution in [2.45, 2.75) is 26.2 Å². The lowest BCUT2D eigenvalue weighted by Crippen LogP contribution is -2.08. The molecule has 0 atom stereocenters. The highest BCUT2D eigenvalue weighted by molar-refractivity contribution is 5.91. The Balaban J connectivity index is 1.91. The van der Waals surface area contributed by atoms with Crippen LogP contribution >= 0.6 is 0 Å². The van der Waals surface area contributed by atoms with Gasteiger partial charge in [-0.15, -0.1) is 0 Å². The van der Waals surface area contributed by atoms with Gasteiger partial charge in [0.05, 0.1) is 12.2 Å². The van der Waals surface area contributed by atoms with Crippen LogP contribution in [0.4, 0.5) is 0 Å². The third-order valence-corrected chi connectivity index (χ3v) is 3.43. The van der Waals surface area contributed by atoms with Crippen LogP contribution < -0.4 is 9.47 Å². The Morgan fingerprint density at radius 3 is 2.32 bits per heavy atom. The molecule has 25 heavy (non-hydrogen) atoms. The minimum absolute atomic E-state index is 0.424. The van der Waals surface area contributed by atoms with Crippen LogP contribution in [-0.4, -0.2) is 12.6 Å². The molecular formula is C21H19NO3. The van der Waals surface area contributed by atoms with Crippen LogP contribution in [0.3, 0.4) is 0 Å². The summed E-state index contributed by atoms with van der Waals surface area (Å²) in [4.78, 5) is 12.1. The normalized spacial score (nSPS) is 9.44. The minimum atomic E-state index is -0.437.